The normalized spacial score (nSPS) is 22.5. The number of alkyl halides is 3. The number of hydrogen-bond acceptors (Lipinski definition) is 3. The van der Waals surface area contributed by atoms with Gasteiger partial charge in [-0.25, -0.2) is 0 Å². The van der Waals surface area contributed by atoms with Crippen LogP contribution in [0.1, 0.15) is 28.8 Å². The molecule has 0 radical (unpaired) electrons. The Balaban J connectivity index is 2.31. The molecule has 0 spiro atoms. The van der Waals surface area contributed by atoms with Crippen molar-refractivity contribution in [3.8, 4) is 0 Å². The summed E-state index contributed by atoms with van der Waals surface area (Å²) in [5.74, 6) is -1.87. The van der Waals surface area contributed by atoms with Gasteiger partial charge in [0.15, 0.2) is 5.60 Å². The maximum absolute atomic E-state index is 13.0. The number of benzene rings is 1. The second-order valence-corrected chi connectivity index (χ2v) is 5.27. The number of rotatable bonds is 2. The quantitative estimate of drug-likeness (QED) is 0.859. The standard InChI is InChI=1S/C14H15F3N2O3/c15-14(16,17)10-5-2-1-4-9(10)11(20)19-7-3-6-13(22,8-19)12(18)21/h1-2,4-5,22H,3,6-8H2,(H2,18,21)/t13-/m0/s1. The molecule has 1 heterocycles. The topological polar surface area (TPSA) is 83.6 Å². The SMILES string of the molecule is NC(=O)[C@]1(O)CCCN(C(=O)c2ccccc2C(F)(F)F)C1. The van der Waals surface area contributed by atoms with Crippen LogP contribution in [0, 0.1) is 0 Å². The Bertz CT molecular complexity index is 603. The van der Waals surface area contributed by atoms with Crippen molar-refractivity contribution in [2.24, 2.45) is 5.73 Å². The van der Waals surface area contributed by atoms with Crippen molar-refractivity contribution in [1.82, 2.24) is 4.90 Å². The molecule has 0 aliphatic carbocycles. The molecule has 0 unspecified atom stereocenters. The molecule has 0 saturated carbocycles. The number of piperidine rings is 1. The van der Waals surface area contributed by atoms with Crippen LogP contribution in [0.2, 0.25) is 0 Å². The lowest BCUT2D eigenvalue weighted by Gasteiger charge is -2.37. The van der Waals surface area contributed by atoms with Gasteiger partial charge in [0.25, 0.3) is 11.8 Å². The molecule has 120 valence electrons. The zero-order valence-electron chi connectivity index (χ0n) is 11.6. The molecule has 1 aromatic carbocycles. The van der Waals surface area contributed by atoms with Gasteiger partial charge < -0.3 is 15.7 Å². The van der Waals surface area contributed by atoms with Gasteiger partial charge in [-0.15, -0.1) is 0 Å². The van der Waals surface area contributed by atoms with Crippen molar-refractivity contribution in [1.29, 1.82) is 0 Å². The molecule has 1 saturated heterocycles. The van der Waals surface area contributed by atoms with Crippen molar-refractivity contribution in [2.75, 3.05) is 13.1 Å². The van der Waals surface area contributed by atoms with Crippen LogP contribution in [0.4, 0.5) is 13.2 Å². The first-order valence-electron chi connectivity index (χ1n) is 6.63. The number of likely N-dealkylation sites (tertiary alicyclic amines) is 1. The summed E-state index contributed by atoms with van der Waals surface area (Å²) < 4.78 is 38.9. The predicted octanol–water partition coefficient (Wildman–Crippen LogP) is 1.16. The van der Waals surface area contributed by atoms with Crippen LogP contribution in [0.3, 0.4) is 0 Å². The maximum Gasteiger partial charge on any atom is 0.417 e. The summed E-state index contributed by atoms with van der Waals surface area (Å²) in [4.78, 5) is 24.6. The molecule has 5 nitrogen and oxygen atoms in total. The van der Waals surface area contributed by atoms with Crippen molar-refractivity contribution in [2.45, 2.75) is 24.6 Å². The monoisotopic (exact) mass is 316 g/mol. The van der Waals surface area contributed by atoms with Gasteiger partial charge in [0.05, 0.1) is 17.7 Å². The van der Waals surface area contributed by atoms with Crippen LogP contribution in [0.25, 0.3) is 0 Å². The summed E-state index contributed by atoms with van der Waals surface area (Å²) in [5, 5.41) is 10.1. The number of carbonyl (C=O) groups is 2. The summed E-state index contributed by atoms with van der Waals surface area (Å²) in [6, 6.07) is 4.41. The highest BCUT2D eigenvalue weighted by Crippen LogP contribution is 2.33. The fourth-order valence-electron chi connectivity index (χ4n) is 2.50. The smallest absolute Gasteiger partial charge is 0.378 e. The third-order valence-corrected chi connectivity index (χ3v) is 3.68. The Hall–Kier alpha value is -2.09. The molecule has 3 N–H and O–H groups in total. The van der Waals surface area contributed by atoms with Gasteiger partial charge in [0.1, 0.15) is 0 Å². The van der Waals surface area contributed by atoms with E-state index >= 15 is 0 Å². The highest BCUT2D eigenvalue weighted by molar-refractivity contribution is 5.96. The molecule has 1 aliphatic rings. The Morgan fingerprint density at radius 1 is 1.27 bits per heavy atom. The van der Waals surface area contributed by atoms with E-state index in [-0.39, 0.29) is 19.4 Å². The lowest BCUT2D eigenvalue weighted by atomic mass is 9.91. The molecule has 8 heteroatoms. The van der Waals surface area contributed by atoms with E-state index < -0.39 is 41.3 Å². The number of hydrogen-bond donors (Lipinski definition) is 2. The van der Waals surface area contributed by atoms with Crippen LogP contribution in [0.15, 0.2) is 24.3 Å². The minimum absolute atomic E-state index is 0.0764. The van der Waals surface area contributed by atoms with Crippen molar-refractivity contribution >= 4 is 11.8 Å². The summed E-state index contributed by atoms with van der Waals surface area (Å²) in [6.45, 7) is -0.256. The lowest BCUT2D eigenvalue weighted by Crippen LogP contribution is -2.57. The molecule has 0 aromatic heterocycles. The first-order chi connectivity index (χ1) is 10.1. The Morgan fingerprint density at radius 2 is 1.91 bits per heavy atom. The van der Waals surface area contributed by atoms with Crippen LogP contribution in [-0.4, -0.2) is 40.5 Å². The molecular formula is C14H15F3N2O3. The number of carbonyl (C=O) groups excluding carboxylic acids is 2. The van der Waals surface area contributed by atoms with E-state index in [1.165, 1.54) is 12.1 Å². The third kappa shape index (κ3) is 3.06. The number of halogens is 3. The lowest BCUT2D eigenvalue weighted by molar-refractivity contribution is -0.141. The first-order valence-corrected chi connectivity index (χ1v) is 6.63. The van der Waals surface area contributed by atoms with E-state index in [2.05, 4.69) is 0 Å². The fourth-order valence-corrected chi connectivity index (χ4v) is 2.50. The largest absolute Gasteiger partial charge is 0.417 e. The number of primary amides is 1. The molecule has 1 fully saturated rings. The average Bonchev–Trinajstić information content (AvgIpc) is 2.45. The Labute approximate surface area is 124 Å². The fraction of sp³-hybridized carbons (Fsp3) is 0.429. The second-order valence-electron chi connectivity index (χ2n) is 5.27. The predicted molar refractivity (Wildman–Crippen MR) is 70.7 cm³/mol. The average molecular weight is 316 g/mol. The van der Waals surface area contributed by atoms with Gasteiger partial charge in [-0.1, -0.05) is 12.1 Å². The zero-order chi connectivity index (χ0) is 16.5. The Morgan fingerprint density at radius 3 is 2.50 bits per heavy atom. The second kappa shape index (κ2) is 5.60. The van der Waals surface area contributed by atoms with Crippen molar-refractivity contribution in [3.63, 3.8) is 0 Å². The van der Waals surface area contributed by atoms with Crippen LogP contribution < -0.4 is 5.73 Å². The van der Waals surface area contributed by atoms with Gasteiger partial charge in [0, 0.05) is 6.54 Å². The number of aliphatic hydroxyl groups is 1. The van der Waals surface area contributed by atoms with Gasteiger partial charge in [0.2, 0.25) is 0 Å². The molecular weight excluding hydrogens is 301 g/mol. The highest BCUT2D eigenvalue weighted by atomic mass is 19.4. The van der Waals surface area contributed by atoms with E-state index in [1.54, 1.807) is 0 Å². The third-order valence-electron chi connectivity index (χ3n) is 3.68. The summed E-state index contributed by atoms with van der Waals surface area (Å²) in [7, 11) is 0. The van der Waals surface area contributed by atoms with Crippen LogP contribution in [-0.2, 0) is 11.0 Å². The van der Waals surface area contributed by atoms with Crippen molar-refractivity contribution in [3.05, 3.63) is 35.4 Å². The molecule has 1 aliphatic heterocycles. The number of β-amino-alcohol motifs (C(OH)–C–C–N with tert-alkyl or cyclic N) is 1. The minimum atomic E-state index is -4.66. The number of nitrogens with zero attached hydrogens (tertiary/aromatic N) is 1. The molecule has 0 bridgehead atoms. The molecule has 22 heavy (non-hydrogen) atoms. The van der Waals surface area contributed by atoms with E-state index in [0.717, 1.165) is 17.0 Å². The minimum Gasteiger partial charge on any atom is -0.378 e. The van der Waals surface area contributed by atoms with Gasteiger partial charge in [-0.2, -0.15) is 13.2 Å². The summed E-state index contributed by atoms with van der Waals surface area (Å²) in [5.41, 5.74) is 1.63. The number of amides is 2. The molecule has 1 aromatic rings. The highest BCUT2D eigenvalue weighted by Gasteiger charge is 2.42. The van der Waals surface area contributed by atoms with Gasteiger partial charge in [-0.3, -0.25) is 9.59 Å². The van der Waals surface area contributed by atoms with E-state index in [1.807, 2.05) is 0 Å². The molecule has 2 amide bonds. The molecule has 1 atom stereocenters. The van der Waals surface area contributed by atoms with E-state index in [4.69, 9.17) is 5.73 Å². The van der Waals surface area contributed by atoms with Crippen LogP contribution >= 0.6 is 0 Å². The molecule has 2 rings (SSSR count). The summed E-state index contributed by atoms with van der Waals surface area (Å²) >= 11 is 0. The van der Waals surface area contributed by atoms with E-state index in [0.29, 0.717) is 0 Å². The maximum atomic E-state index is 13.0. The van der Waals surface area contributed by atoms with Gasteiger partial charge >= 0.3 is 6.18 Å². The summed E-state index contributed by atoms with van der Waals surface area (Å²) in [6.07, 6.45) is -4.31. The Kier molecular flexibility index (Phi) is 4.15. The zero-order valence-corrected chi connectivity index (χ0v) is 11.6. The van der Waals surface area contributed by atoms with Gasteiger partial charge in [-0.05, 0) is 25.0 Å². The first kappa shape index (κ1) is 16.3. The van der Waals surface area contributed by atoms with Crippen molar-refractivity contribution < 1.29 is 27.9 Å². The van der Waals surface area contributed by atoms with Crippen LogP contribution in [0.5, 0.6) is 0 Å². The number of nitrogens with two attached hydrogens (primary N) is 1. The van der Waals surface area contributed by atoms with E-state index in [9.17, 15) is 27.9 Å².